The Kier molecular flexibility index (Phi) is 71.8. The summed E-state index contributed by atoms with van der Waals surface area (Å²) < 4.78 is 56.4. The molecule has 1 N–H and O–H groups in total. The highest BCUT2D eigenvalue weighted by atomic mass is 32.2. The zero-order valence-electron chi connectivity index (χ0n) is 86.7. The first kappa shape index (κ1) is 137. The van der Waals surface area contributed by atoms with E-state index in [4.69, 9.17) is 71.2 Å². The highest BCUT2D eigenvalue weighted by Crippen LogP contribution is 2.50. The molecule has 3 aromatic carbocycles. The Morgan fingerprint density at radius 3 is 1.36 bits per heavy atom. The second-order valence-corrected chi connectivity index (χ2v) is 46.6. The molecule has 3 aliphatic rings. The summed E-state index contributed by atoms with van der Waals surface area (Å²) in [5.74, 6) is -3.48. The molecule has 780 valence electrons. The van der Waals surface area contributed by atoms with E-state index in [0.717, 1.165) is 87.3 Å². The number of rotatable bonds is 38. The fraction of sp³-hybridized carbons (Fsp3) is 0.677. The van der Waals surface area contributed by atoms with Crippen molar-refractivity contribution in [2.45, 2.75) is 339 Å². The van der Waals surface area contributed by atoms with Crippen molar-refractivity contribution in [3.8, 4) is 0 Å². The van der Waals surface area contributed by atoms with Gasteiger partial charge in [0.2, 0.25) is 24.8 Å². The van der Waals surface area contributed by atoms with Gasteiger partial charge < -0.3 is 57.1 Å². The van der Waals surface area contributed by atoms with Gasteiger partial charge in [-0.2, -0.15) is 38.4 Å². The van der Waals surface area contributed by atoms with Gasteiger partial charge in [0, 0.05) is 49.4 Å². The minimum atomic E-state index is -2.96. The number of thioether (sulfide) groups is 1. The van der Waals surface area contributed by atoms with Crippen LogP contribution in [0, 0.1) is 92.7 Å². The van der Waals surface area contributed by atoms with Gasteiger partial charge in [-0.15, -0.1) is 11.8 Å². The number of hydrogen-bond acceptors (Lipinski definition) is 33. The summed E-state index contributed by atoms with van der Waals surface area (Å²) in [5, 5.41) is 47.8. The van der Waals surface area contributed by atoms with Crippen molar-refractivity contribution >= 4 is 87.8 Å². The Morgan fingerprint density at radius 2 is 1.02 bits per heavy atom. The van der Waals surface area contributed by atoms with E-state index in [9.17, 15) is 73.8 Å². The number of esters is 3. The highest BCUT2D eigenvalue weighted by Gasteiger charge is 2.58. The number of benzene rings is 3. The molecule has 6 rings (SSSR count). The monoisotopic (exact) mass is 2000 g/mol. The van der Waals surface area contributed by atoms with Crippen LogP contribution in [0.15, 0.2) is 114 Å². The van der Waals surface area contributed by atoms with E-state index in [2.05, 4.69) is 118 Å². The van der Waals surface area contributed by atoms with E-state index in [1.807, 2.05) is 142 Å². The Labute approximate surface area is 821 Å². The fourth-order valence-electron chi connectivity index (χ4n) is 15.2. The quantitative estimate of drug-likeness (QED) is 0.00813. The molecule has 0 amide bonds. The van der Waals surface area contributed by atoms with Gasteiger partial charge in [-0.05, 0) is 188 Å². The molecule has 1 saturated carbocycles. The van der Waals surface area contributed by atoms with Crippen LogP contribution < -0.4 is 5.32 Å². The smallest absolute Gasteiger partial charge is 0.382 e. The number of ether oxygens (including phenoxy) is 7. The Bertz CT molecular complexity index is 4160. The van der Waals surface area contributed by atoms with Crippen LogP contribution in [0.5, 0.6) is 0 Å². The Morgan fingerprint density at radius 1 is 0.587 bits per heavy atom. The summed E-state index contributed by atoms with van der Waals surface area (Å²) in [7, 11) is -4.72. The molecule has 0 radical (unpaired) electrons. The lowest BCUT2D eigenvalue weighted by molar-refractivity contribution is -0.544. The topological polar surface area (TPSA) is 514 Å². The second-order valence-electron chi connectivity index (χ2n) is 37.8. The lowest BCUT2D eigenvalue weighted by atomic mass is 9.65. The molecular weight excluding hydrogens is 1850 g/mol. The Hall–Kier alpha value is -9.76. The van der Waals surface area contributed by atoms with Crippen molar-refractivity contribution in [1.29, 1.82) is 0 Å². The highest BCUT2D eigenvalue weighted by molar-refractivity contribution is 8.00. The molecule has 0 bridgehead atoms. The Balaban J connectivity index is -0.000000507. The van der Waals surface area contributed by atoms with Crippen molar-refractivity contribution in [2.24, 2.45) is 45.3 Å². The van der Waals surface area contributed by atoms with Gasteiger partial charge in [-0.3, -0.25) is 50.0 Å². The van der Waals surface area contributed by atoms with Crippen LogP contribution in [-0.4, -0.2) is 208 Å². The number of aldehydes is 2. The molecule has 1 aliphatic heterocycles. The number of carbonyl (C=O) groups is 6. The number of aryl methyl sites for hydroxylation is 1. The first-order valence-electron chi connectivity index (χ1n) is 46.5. The van der Waals surface area contributed by atoms with Gasteiger partial charge in [0.05, 0.1) is 85.0 Å². The van der Waals surface area contributed by atoms with E-state index in [1.165, 1.54) is 30.9 Å². The van der Waals surface area contributed by atoms with Gasteiger partial charge in [0.1, 0.15) is 30.9 Å². The standard InChI is InChI=1S/C25H39NO5S.C20H27NOSi.C18H31NO5.C13H25NO4.C7H14O2.C6H11NO2.C6H11O4P.4CO2/c1-8-17(9-2)31-22-21(25(5,6)7)20(26(28)29)15-19(24(27)30-10-3)23(22)32-18-13-11-16(4)12-14-18;1-23(2,3)22-20(19-15-10-16-21-19,17-11-6-4-7-12-17)18-13-8-5-9-14-18;1-7-13(8-2)24-15-11-12(17(20)23-9-3)10-14(19(21)22)16(15)18(4,5)6;1-6-10(7-2)18-12(9-15)11(8-14(16)17)13(3,4)5;1-3-7(4-2)9-6-5-8;1-6(2,3)4-5-7(8)9;1-4-10-5(7)6(8)11(2,3)9;4*2-1-3/h11-14,17,19-23H,8-10,15H2,1-7H3;4-9,11-14,19,21H,10,15-16H2,1-3H3;11,13-16H,7-10H2,1-6H3;9-12H,6-8H2,1-5H3;5,7H,3-4,6H2,1-2H3;4-5H,1-3H3;4H2,1-3H3;;;;/b;;;;;5-4+;;;;;/t19?,20-,21+,22-,23+;19-;14?,15-,16-;11-,12-;;;;;;;/m0111......./s1. The van der Waals surface area contributed by atoms with Crippen LogP contribution >= 0.6 is 18.9 Å². The molecule has 0 aromatic heterocycles. The molecule has 39 heteroatoms. The van der Waals surface area contributed by atoms with Crippen molar-refractivity contribution in [3.05, 3.63) is 166 Å². The van der Waals surface area contributed by atoms with Crippen LogP contribution in [0.25, 0.3) is 0 Å². The zero-order chi connectivity index (χ0) is 108. The van der Waals surface area contributed by atoms with Crippen LogP contribution in [-0.2, 0) is 115 Å². The van der Waals surface area contributed by atoms with Gasteiger partial charge in [0.15, 0.2) is 15.5 Å². The number of nitrogens with one attached hydrogen (secondary N) is 1. The molecule has 1 saturated heterocycles. The summed E-state index contributed by atoms with van der Waals surface area (Å²) in [6.07, 6.45) is 14.9. The predicted molar refractivity (Wildman–Crippen MR) is 523 cm³/mol. The average molecular weight is 2010 g/mol. The summed E-state index contributed by atoms with van der Waals surface area (Å²) >= 11 is 1.59. The maximum atomic E-state index is 13.0. The van der Waals surface area contributed by atoms with Crippen LogP contribution in [0.4, 0.5) is 0 Å². The summed E-state index contributed by atoms with van der Waals surface area (Å²) in [6, 6.07) is 28.3. The van der Waals surface area contributed by atoms with Gasteiger partial charge in [-0.25, -0.2) is 9.59 Å². The van der Waals surface area contributed by atoms with E-state index in [-0.39, 0.29) is 154 Å². The molecule has 11 atom stereocenters. The van der Waals surface area contributed by atoms with E-state index in [0.29, 0.717) is 17.9 Å². The maximum absolute atomic E-state index is 13.0. The molecule has 1 heterocycles. The number of nitrogens with zero attached hydrogens (tertiary/aromatic N) is 4. The summed E-state index contributed by atoms with van der Waals surface area (Å²) in [6.45, 7) is 57.9. The summed E-state index contributed by atoms with van der Waals surface area (Å²) in [4.78, 5) is 177. The molecule has 2 aliphatic carbocycles. The van der Waals surface area contributed by atoms with E-state index in [1.54, 1.807) is 44.7 Å². The van der Waals surface area contributed by atoms with Gasteiger partial charge in [0.25, 0.3) is 5.52 Å². The number of carbonyl (C=O) groups excluding carboxylic acids is 14. The lowest BCUT2D eigenvalue weighted by Crippen LogP contribution is -2.59. The fourth-order valence-corrected chi connectivity index (χ4v) is 18.4. The van der Waals surface area contributed by atoms with Crippen molar-refractivity contribution < 1.29 is 129 Å². The number of hydrogen-bond donors (Lipinski definition) is 1. The lowest BCUT2D eigenvalue weighted by Gasteiger charge is -2.48. The van der Waals surface area contributed by atoms with Gasteiger partial charge >= 0.3 is 42.5 Å². The second kappa shape index (κ2) is 72.5. The minimum Gasteiger partial charge on any atom is -0.466 e. The molecule has 2 unspecified atom stereocenters. The van der Waals surface area contributed by atoms with Crippen LogP contribution in [0.1, 0.15) is 253 Å². The average Bonchev–Trinajstić information content (AvgIpc) is 1.74. The van der Waals surface area contributed by atoms with Crippen molar-refractivity contribution in [3.63, 3.8) is 0 Å². The van der Waals surface area contributed by atoms with Crippen LogP contribution in [0.3, 0.4) is 0 Å². The third-order valence-electron chi connectivity index (χ3n) is 21.6. The van der Waals surface area contributed by atoms with Crippen LogP contribution in [0.2, 0.25) is 19.6 Å². The SMILES string of the molecule is CC(C)(C)/C=C/[N+](=O)[O-].CCC(CC)OCC=O.CCC(CC)O[C@H](C=O)[C@@H](C[N+](=O)[O-])C(C)(C)C.CCOC(=O)C(=O)P(C)(C)=O.CCOC(=O)C1=C[C@@H](OC(CC)CC)[C@H](C(C)(C)C)C([N+](=O)[O-])C1.CCOC(=O)C1C[C@H]([N+](=O)[O-])[C@@H](C(C)(C)C)[C@H](OC(CC)CC)[C@@H]1Sc1ccc(C)cc1.C[Si](C)(C)OC(c1ccccc1)(c1ccccc1)[C@H]1CCCN1.O=C=O.O=C=O.O=C=O.O=C=O. The normalized spacial score (nSPS) is 18.1. The third-order valence-corrected chi connectivity index (χ3v) is 25.2. The molecular formula is C99H158N5O31PSSi. The first-order valence-corrected chi connectivity index (χ1v) is 53.4. The largest absolute Gasteiger partial charge is 0.466 e. The van der Waals surface area contributed by atoms with Crippen molar-refractivity contribution in [2.75, 3.05) is 52.8 Å². The third kappa shape index (κ3) is 55.9. The molecule has 2 fully saturated rings. The predicted octanol–water partition coefficient (Wildman–Crippen LogP) is 18.5. The zero-order valence-corrected chi connectivity index (χ0v) is 89.4. The molecule has 3 aromatic rings. The maximum Gasteiger partial charge on any atom is 0.382 e. The molecule has 36 nitrogen and oxygen atoms in total. The molecule has 138 heavy (non-hydrogen) atoms. The minimum absolute atomic E-state index is 0.0145. The van der Waals surface area contributed by atoms with E-state index >= 15 is 0 Å². The van der Waals surface area contributed by atoms with E-state index < -0.39 is 85.7 Å². The van der Waals surface area contributed by atoms with Crippen molar-refractivity contribution in [1.82, 2.24) is 5.32 Å². The number of nitro groups is 4. The summed E-state index contributed by atoms with van der Waals surface area (Å²) in [5.41, 5.74) is 1.60. The molecule has 0 spiro atoms. The van der Waals surface area contributed by atoms with Gasteiger partial charge in [-0.1, -0.05) is 217 Å². The number of allylic oxidation sites excluding steroid dienone is 1. The first-order chi connectivity index (χ1) is 64.3.